The zero-order chi connectivity index (χ0) is 15.4. The van der Waals surface area contributed by atoms with Crippen LogP contribution < -0.4 is 5.32 Å². The Bertz CT molecular complexity index is 767. The van der Waals surface area contributed by atoms with Crippen molar-refractivity contribution in [2.24, 2.45) is 0 Å². The summed E-state index contributed by atoms with van der Waals surface area (Å²) in [6, 6.07) is 6.65. The Hall–Kier alpha value is -3.47. The number of pyridine rings is 1. The Morgan fingerprint density at radius 2 is 2.14 bits per heavy atom. The van der Waals surface area contributed by atoms with Crippen molar-refractivity contribution in [3.63, 3.8) is 0 Å². The third-order valence-corrected chi connectivity index (χ3v) is 2.56. The lowest BCUT2D eigenvalue weighted by Gasteiger charge is -2.06. The number of amides is 1. The van der Waals surface area contributed by atoms with Crippen molar-refractivity contribution in [1.29, 1.82) is 5.26 Å². The van der Waals surface area contributed by atoms with Gasteiger partial charge in [0.2, 0.25) is 0 Å². The van der Waals surface area contributed by atoms with Gasteiger partial charge in [-0.05, 0) is 18.2 Å². The molecule has 0 aliphatic rings. The molecule has 0 unspecified atom stereocenters. The van der Waals surface area contributed by atoms with Gasteiger partial charge in [-0.3, -0.25) is 19.9 Å². The van der Waals surface area contributed by atoms with Crippen molar-refractivity contribution in [1.82, 2.24) is 4.98 Å². The number of carbonyl (C=O) groups is 1. The fourth-order valence-corrected chi connectivity index (χ4v) is 1.60. The molecule has 2 rings (SSSR count). The van der Waals surface area contributed by atoms with Crippen LogP contribution in [0, 0.1) is 21.4 Å². The summed E-state index contributed by atoms with van der Waals surface area (Å²) in [6.07, 6.45) is 2.37. The predicted octanol–water partition coefficient (Wildman–Crippen LogP) is 1.82. The lowest BCUT2D eigenvalue weighted by molar-refractivity contribution is -0.383. The Kier molecular flexibility index (Phi) is 3.76. The van der Waals surface area contributed by atoms with Crippen LogP contribution in [0.2, 0.25) is 0 Å². The molecule has 0 radical (unpaired) electrons. The van der Waals surface area contributed by atoms with Gasteiger partial charge in [-0.15, -0.1) is 0 Å². The number of rotatable bonds is 3. The second-order valence-corrected chi connectivity index (χ2v) is 3.99. The maximum Gasteiger partial charge on any atom is 0.294 e. The number of carbonyl (C=O) groups excluding carboxylic acids is 1. The van der Waals surface area contributed by atoms with Crippen LogP contribution in [0.5, 0.6) is 5.75 Å². The van der Waals surface area contributed by atoms with E-state index in [0.717, 1.165) is 12.3 Å². The number of anilines is 1. The zero-order valence-corrected chi connectivity index (χ0v) is 10.5. The maximum atomic E-state index is 11.9. The highest BCUT2D eigenvalue weighted by atomic mass is 16.6. The number of nitrogens with zero attached hydrogens (tertiary/aromatic N) is 3. The third-order valence-electron chi connectivity index (χ3n) is 2.56. The van der Waals surface area contributed by atoms with Crippen LogP contribution in [-0.4, -0.2) is 20.9 Å². The number of nitrogens with one attached hydrogen (secondary N) is 1. The SMILES string of the molecule is N#Cc1ccc(NC(=O)c2cncc(O)c2)c([N+](=O)[O-])c1. The second kappa shape index (κ2) is 5.66. The molecule has 1 amide bonds. The highest BCUT2D eigenvalue weighted by Crippen LogP contribution is 2.26. The van der Waals surface area contributed by atoms with E-state index >= 15 is 0 Å². The van der Waals surface area contributed by atoms with Crippen LogP contribution >= 0.6 is 0 Å². The molecule has 0 saturated carbocycles. The van der Waals surface area contributed by atoms with E-state index in [2.05, 4.69) is 10.3 Å². The topological polar surface area (TPSA) is 129 Å². The van der Waals surface area contributed by atoms with E-state index in [1.165, 1.54) is 24.4 Å². The van der Waals surface area contributed by atoms with Crippen molar-refractivity contribution < 1.29 is 14.8 Å². The molecule has 0 atom stereocenters. The largest absolute Gasteiger partial charge is 0.506 e. The molecule has 104 valence electrons. The number of aromatic nitrogens is 1. The van der Waals surface area contributed by atoms with Gasteiger partial charge >= 0.3 is 0 Å². The van der Waals surface area contributed by atoms with Crippen LogP contribution in [0.4, 0.5) is 11.4 Å². The number of hydrogen-bond donors (Lipinski definition) is 2. The van der Waals surface area contributed by atoms with Gasteiger partial charge in [0.1, 0.15) is 11.4 Å². The number of nitro groups is 1. The molecule has 1 heterocycles. The molecule has 8 nitrogen and oxygen atoms in total. The molecule has 8 heteroatoms. The summed E-state index contributed by atoms with van der Waals surface area (Å²) in [5, 5.41) is 31.3. The highest BCUT2D eigenvalue weighted by molar-refractivity contribution is 6.05. The van der Waals surface area contributed by atoms with Crippen LogP contribution in [0.25, 0.3) is 0 Å². The van der Waals surface area contributed by atoms with E-state index in [1.807, 2.05) is 0 Å². The molecule has 0 aliphatic carbocycles. The molecule has 0 saturated heterocycles. The average molecular weight is 284 g/mol. The van der Waals surface area contributed by atoms with E-state index in [-0.39, 0.29) is 22.6 Å². The number of nitro benzene ring substituents is 1. The molecule has 0 fully saturated rings. The molecule has 1 aromatic carbocycles. The minimum Gasteiger partial charge on any atom is -0.506 e. The first-order chi connectivity index (χ1) is 10.0. The Morgan fingerprint density at radius 3 is 2.76 bits per heavy atom. The lowest BCUT2D eigenvalue weighted by atomic mass is 10.1. The van der Waals surface area contributed by atoms with Gasteiger partial charge in [-0.25, -0.2) is 0 Å². The number of hydrogen-bond acceptors (Lipinski definition) is 6. The molecular weight excluding hydrogens is 276 g/mol. The molecule has 0 bridgehead atoms. The summed E-state index contributed by atoms with van der Waals surface area (Å²) in [4.78, 5) is 25.8. The monoisotopic (exact) mass is 284 g/mol. The normalized spacial score (nSPS) is 9.67. The minimum atomic E-state index is -0.697. The van der Waals surface area contributed by atoms with Gasteiger partial charge < -0.3 is 10.4 Å². The Balaban J connectivity index is 2.33. The molecule has 0 spiro atoms. The fraction of sp³-hybridized carbons (Fsp3) is 0. The zero-order valence-electron chi connectivity index (χ0n) is 10.5. The standard InChI is InChI=1S/C13H8N4O4/c14-5-8-1-2-11(12(3-8)17(20)21)16-13(19)9-4-10(18)7-15-6-9/h1-4,6-7,18H,(H,16,19). The highest BCUT2D eigenvalue weighted by Gasteiger charge is 2.17. The van der Waals surface area contributed by atoms with E-state index < -0.39 is 16.5 Å². The first-order valence-electron chi connectivity index (χ1n) is 5.65. The minimum absolute atomic E-state index is 0.0488. The van der Waals surface area contributed by atoms with Crippen molar-refractivity contribution >= 4 is 17.3 Å². The summed E-state index contributed by atoms with van der Waals surface area (Å²) in [7, 11) is 0. The van der Waals surface area contributed by atoms with Crippen LogP contribution in [0.3, 0.4) is 0 Å². The fourth-order valence-electron chi connectivity index (χ4n) is 1.60. The van der Waals surface area contributed by atoms with Crippen LogP contribution in [-0.2, 0) is 0 Å². The lowest BCUT2D eigenvalue weighted by Crippen LogP contribution is -2.13. The maximum absolute atomic E-state index is 11.9. The van der Waals surface area contributed by atoms with Crippen LogP contribution in [0.1, 0.15) is 15.9 Å². The Morgan fingerprint density at radius 1 is 1.38 bits per heavy atom. The number of nitriles is 1. The summed E-state index contributed by atoms with van der Waals surface area (Å²) in [6.45, 7) is 0. The van der Waals surface area contributed by atoms with Gasteiger partial charge in [0.15, 0.2) is 0 Å². The summed E-state index contributed by atoms with van der Waals surface area (Å²) in [5.41, 5.74) is -0.282. The van der Waals surface area contributed by atoms with E-state index in [4.69, 9.17) is 5.26 Å². The van der Waals surface area contributed by atoms with Crippen molar-refractivity contribution in [3.05, 3.63) is 57.9 Å². The summed E-state index contributed by atoms with van der Waals surface area (Å²) >= 11 is 0. The van der Waals surface area contributed by atoms with E-state index in [0.29, 0.717) is 0 Å². The van der Waals surface area contributed by atoms with Gasteiger partial charge in [-0.1, -0.05) is 0 Å². The predicted molar refractivity (Wildman–Crippen MR) is 71.7 cm³/mol. The van der Waals surface area contributed by atoms with Gasteiger partial charge in [0, 0.05) is 12.3 Å². The summed E-state index contributed by atoms with van der Waals surface area (Å²) < 4.78 is 0. The molecule has 1 aromatic heterocycles. The first kappa shape index (κ1) is 14.0. The molecule has 2 aromatic rings. The second-order valence-electron chi connectivity index (χ2n) is 3.99. The van der Waals surface area contributed by atoms with Crippen LogP contribution in [0.15, 0.2) is 36.7 Å². The van der Waals surface area contributed by atoms with Crippen molar-refractivity contribution in [2.75, 3.05) is 5.32 Å². The average Bonchev–Trinajstić information content (AvgIpc) is 2.47. The van der Waals surface area contributed by atoms with Gasteiger partial charge in [0.05, 0.1) is 28.3 Å². The number of aromatic hydroxyl groups is 1. The van der Waals surface area contributed by atoms with Crippen molar-refractivity contribution in [3.8, 4) is 11.8 Å². The molecule has 2 N–H and O–H groups in total. The summed E-state index contributed by atoms with van der Waals surface area (Å²) in [5.74, 6) is -0.858. The van der Waals surface area contributed by atoms with Crippen molar-refractivity contribution in [2.45, 2.75) is 0 Å². The quantitative estimate of drug-likeness (QED) is 0.653. The molecule has 21 heavy (non-hydrogen) atoms. The van der Waals surface area contributed by atoms with Gasteiger partial charge in [-0.2, -0.15) is 5.26 Å². The van der Waals surface area contributed by atoms with Gasteiger partial charge in [0.25, 0.3) is 11.6 Å². The van der Waals surface area contributed by atoms with E-state index in [1.54, 1.807) is 6.07 Å². The third kappa shape index (κ3) is 3.10. The number of benzene rings is 1. The van der Waals surface area contributed by atoms with E-state index in [9.17, 15) is 20.0 Å². The Labute approximate surface area is 118 Å². The molecular formula is C13H8N4O4. The molecule has 0 aliphatic heterocycles. The smallest absolute Gasteiger partial charge is 0.294 e. The first-order valence-corrected chi connectivity index (χ1v) is 5.65.